The molecule has 0 aliphatic heterocycles. The number of fused-ring (bicyclic) bond motifs is 1. The van der Waals surface area contributed by atoms with Gasteiger partial charge in [-0.3, -0.25) is 9.48 Å². The molecule has 1 aromatic carbocycles. The van der Waals surface area contributed by atoms with Gasteiger partial charge in [0.15, 0.2) is 5.65 Å². The molecule has 2 heterocycles. The van der Waals surface area contributed by atoms with Crippen molar-refractivity contribution >= 4 is 46.0 Å². The van der Waals surface area contributed by atoms with E-state index < -0.39 is 0 Å². The quantitative estimate of drug-likeness (QED) is 0.580. The number of para-hydroxylation sites is 1. The fourth-order valence-corrected chi connectivity index (χ4v) is 3.12. The molecule has 23 heavy (non-hydrogen) atoms. The fraction of sp³-hybridized carbons (Fsp3) is 0.200. The maximum Gasteiger partial charge on any atom is 0.237 e. The number of carbonyl (C=O) groups excluding carboxylic acids is 1. The number of anilines is 1. The van der Waals surface area contributed by atoms with Crippen molar-refractivity contribution in [3.63, 3.8) is 0 Å². The molecule has 6 nitrogen and oxygen atoms in total. The molecule has 0 aliphatic rings. The molecule has 0 bridgehead atoms. The average Bonchev–Trinajstić information content (AvgIpc) is 2.92. The number of halogens is 1. The van der Waals surface area contributed by atoms with E-state index in [9.17, 15) is 4.79 Å². The van der Waals surface area contributed by atoms with Crippen molar-refractivity contribution in [1.29, 1.82) is 0 Å². The second-order valence-electron chi connectivity index (χ2n) is 4.91. The molecule has 0 saturated carbocycles. The SMILES string of the molecule is CC(Sc1ncnc2c1cnn2C)C(=O)Nc1ccccc1Cl. The molecule has 2 aromatic heterocycles. The molecule has 0 saturated heterocycles. The highest BCUT2D eigenvalue weighted by Gasteiger charge is 2.18. The smallest absolute Gasteiger partial charge is 0.237 e. The van der Waals surface area contributed by atoms with Gasteiger partial charge in [0.25, 0.3) is 0 Å². The third kappa shape index (κ3) is 3.30. The summed E-state index contributed by atoms with van der Waals surface area (Å²) in [6.45, 7) is 1.82. The lowest BCUT2D eigenvalue weighted by atomic mass is 10.3. The van der Waals surface area contributed by atoms with E-state index in [0.717, 1.165) is 16.1 Å². The van der Waals surface area contributed by atoms with Gasteiger partial charge >= 0.3 is 0 Å². The van der Waals surface area contributed by atoms with Gasteiger partial charge in [0.1, 0.15) is 11.4 Å². The first-order valence-electron chi connectivity index (χ1n) is 6.91. The standard InChI is InChI=1S/C15H14ClN5OS/c1-9(14(22)20-12-6-4-3-5-11(12)16)23-15-10-7-19-21(2)13(10)17-8-18-15/h3-9H,1-2H3,(H,20,22). The van der Waals surface area contributed by atoms with Gasteiger partial charge in [-0.25, -0.2) is 9.97 Å². The number of rotatable bonds is 4. The molecule has 0 fully saturated rings. The molecule has 1 N–H and O–H groups in total. The third-order valence-corrected chi connectivity index (χ3v) is 4.73. The number of hydrogen-bond acceptors (Lipinski definition) is 5. The Balaban J connectivity index is 1.76. The van der Waals surface area contributed by atoms with Crippen LogP contribution in [0.1, 0.15) is 6.92 Å². The molecule has 1 amide bonds. The zero-order valence-electron chi connectivity index (χ0n) is 12.5. The van der Waals surface area contributed by atoms with Crippen LogP contribution in [-0.4, -0.2) is 30.9 Å². The van der Waals surface area contributed by atoms with Crippen molar-refractivity contribution in [1.82, 2.24) is 19.7 Å². The lowest BCUT2D eigenvalue weighted by Crippen LogP contribution is -2.22. The van der Waals surface area contributed by atoms with E-state index in [4.69, 9.17) is 11.6 Å². The van der Waals surface area contributed by atoms with Crippen LogP contribution >= 0.6 is 23.4 Å². The highest BCUT2D eigenvalue weighted by atomic mass is 35.5. The molecule has 0 aliphatic carbocycles. The molecule has 1 unspecified atom stereocenters. The Kier molecular flexibility index (Phi) is 4.49. The Morgan fingerprint density at radius 2 is 2.13 bits per heavy atom. The van der Waals surface area contributed by atoms with Crippen LogP contribution in [-0.2, 0) is 11.8 Å². The minimum atomic E-state index is -0.343. The lowest BCUT2D eigenvalue weighted by Gasteiger charge is -2.12. The predicted octanol–water partition coefficient (Wildman–Crippen LogP) is 3.14. The largest absolute Gasteiger partial charge is 0.324 e. The number of aryl methyl sites for hydroxylation is 1. The Morgan fingerprint density at radius 1 is 1.35 bits per heavy atom. The van der Waals surface area contributed by atoms with Crippen LogP contribution in [0.2, 0.25) is 5.02 Å². The van der Waals surface area contributed by atoms with Crippen molar-refractivity contribution in [2.24, 2.45) is 7.05 Å². The van der Waals surface area contributed by atoms with E-state index in [2.05, 4.69) is 20.4 Å². The molecule has 0 radical (unpaired) electrons. The van der Waals surface area contributed by atoms with Crippen molar-refractivity contribution in [2.45, 2.75) is 17.2 Å². The van der Waals surface area contributed by atoms with Gasteiger partial charge in [-0.1, -0.05) is 35.5 Å². The zero-order chi connectivity index (χ0) is 16.4. The summed E-state index contributed by atoms with van der Waals surface area (Å²) in [5.41, 5.74) is 1.34. The summed E-state index contributed by atoms with van der Waals surface area (Å²) in [7, 11) is 1.82. The van der Waals surface area contributed by atoms with Crippen LogP contribution < -0.4 is 5.32 Å². The van der Waals surface area contributed by atoms with Crippen LogP contribution in [0, 0.1) is 0 Å². The Labute approximate surface area is 142 Å². The molecule has 118 valence electrons. The molecule has 1 atom stereocenters. The number of nitrogens with one attached hydrogen (secondary N) is 1. The molecule has 8 heteroatoms. The molecule has 0 spiro atoms. The van der Waals surface area contributed by atoms with Crippen LogP contribution in [0.3, 0.4) is 0 Å². The van der Waals surface area contributed by atoms with Gasteiger partial charge < -0.3 is 5.32 Å². The summed E-state index contributed by atoms with van der Waals surface area (Å²) in [6.07, 6.45) is 3.18. The van der Waals surface area contributed by atoms with Gasteiger partial charge in [0.2, 0.25) is 5.91 Å². The highest BCUT2D eigenvalue weighted by Crippen LogP contribution is 2.29. The summed E-state index contributed by atoms with van der Waals surface area (Å²) >= 11 is 7.42. The summed E-state index contributed by atoms with van der Waals surface area (Å²) in [4.78, 5) is 20.8. The molecular weight excluding hydrogens is 334 g/mol. The monoisotopic (exact) mass is 347 g/mol. The van der Waals surface area contributed by atoms with E-state index >= 15 is 0 Å². The van der Waals surface area contributed by atoms with Gasteiger partial charge in [0, 0.05) is 7.05 Å². The summed E-state index contributed by atoms with van der Waals surface area (Å²) in [5.74, 6) is -0.140. The van der Waals surface area contributed by atoms with Crippen LogP contribution in [0.4, 0.5) is 5.69 Å². The van der Waals surface area contributed by atoms with Crippen molar-refractivity contribution in [3.8, 4) is 0 Å². The lowest BCUT2D eigenvalue weighted by molar-refractivity contribution is -0.115. The van der Waals surface area contributed by atoms with Crippen LogP contribution in [0.5, 0.6) is 0 Å². The number of carbonyl (C=O) groups is 1. The highest BCUT2D eigenvalue weighted by molar-refractivity contribution is 8.00. The van der Waals surface area contributed by atoms with E-state index in [1.54, 1.807) is 23.0 Å². The molecule has 3 aromatic rings. The van der Waals surface area contributed by atoms with Gasteiger partial charge in [0.05, 0.1) is 27.5 Å². The first kappa shape index (κ1) is 15.8. The number of nitrogens with zero attached hydrogens (tertiary/aromatic N) is 4. The molecule has 3 rings (SSSR count). The van der Waals surface area contributed by atoms with Gasteiger partial charge in [-0.2, -0.15) is 5.10 Å². The normalized spacial score (nSPS) is 12.3. The minimum absolute atomic E-state index is 0.140. The topological polar surface area (TPSA) is 72.7 Å². The van der Waals surface area contributed by atoms with E-state index in [-0.39, 0.29) is 11.2 Å². The Hall–Kier alpha value is -2.12. The van der Waals surface area contributed by atoms with Gasteiger partial charge in [-0.05, 0) is 19.1 Å². The van der Waals surface area contributed by atoms with Crippen molar-refractivity contribution in [3.05, 3.63) is 41.8 Å². The van der Waals surface area contributed by atoms with E-state index in [0.29, 0.717) is 10.7 Å². The average molecular weight is 348 g/mol. The Morgan fingerprint density at radius 3 is 2.91 bits per heavy atom. The van der Waals surface area contributed by atoms with E-state index in [1.807, 2.05) is 26.1 Å². The van der Waals surface area contributed by atoms with Crippen molar-refractivity contribution in [2.75, 3.05) is 5.32 Å². The minimum Gasteiger partial charge on any atom is -0.324 e. The van der Waals surface area contributed by atoms with E-state index in [1.165, 1.54) is 18.1 Å². The second-order valence-corrected chi connectivity index (χ2v) is 6.65. The van der Waals surface area contributed by atoms with Crippen LogP contribution in [0.25, 0.3) is 11.0 Å². The van der Waals surface area contributed by atoms with Gasteiger partial charge in [-0.15, -0.1) is 0 Å². The number of thioether (sulfide) groups is 1. The number of aromatic nitrogens is 4. The summed E-state index contributed by atoms with van der Waals surface area (Å²) in [5, 5.41) is 8.72. The maximum atomic E-state index is 12.4. The fourth-order valence-electron chi connectivity index (χ4n) is 2.05. The Bertz CT molecular complexity index is 866. The summed E-state index contributed by atoms with van der Waals surface area (Å²) < 4.78 is 1.68. The number of benzene rings is 1. The first-order valence-corrected chi connectivity index (χ1v) is 8.17. The zero-order valence-corrected chi connectivity index (χ0v) is 14.1. The number of amides is 1. The predicted molar refractivity (Wildman–Crippen MR) is 91.7 cm³/mol. The second kappa shape index (κ2) is 6.55. The molecular formula is C15H14ClN5OS. The van der Waals surface area contributed by atoms with Crippen LogP contribution in [0.15, 0.2) is 41.8 Å². The maximum absolute atomic E-state index is 12.4. The summed E-state index contributed by atoms with van der Waals surface area (Å²) in [6, 6.07) is 7.14. The first-order chi connectivity index (χ1) is 11.1. The van der Waals surface area contributed by atoms with Crippen molar-refractivity contribution < 1.29 is 4.79 Å². The third-order valence-electron chi connectivity index (χ3n) is 3.28. The number of hydrogen-bond donors (Lipinski definition) is 1.